The van der Waals surface area contributed by atoms with Crippen LogP contribution >= 0.6 is 0 Å². The summed E-state index contributed by atoms with van der Waals surface area (Å²) in [6, 6.07) is 2.96. The fourth-order valence-corrected chi connectivity index (χ4v) is 2.85. The molecule has 138 valence electrons. The van der Waals surface area contributed by atoms with E-state index in [2.05, 4.69) is 15.3 Å². The lowest BCUT2D eigenvalue weighted by Crippen LogP contribution is -2.48. The first kappa shape index (κ1) is 17.9. The zero-order chi connectivity index (χ0) is 18.7. The number of aromatic amines is 1. The van der Waals surface area contributed by atoms with E-state index in [9.17, 15) is 14.4 Å². The number of hydrogen-bond acceptors (Lipinski definition) is 6. The monoisotopic (exact) mass is 359 g/mol. The Morgan fingerprint density at radius 1 is 1.42 bits per heavy atom. The first-order valence-corrected chi connectivity index (χ1v) is 8.31. The number of rotatable bonds is 4. The summed E-state index contributed by atoms with van der Waals surface area (Å²) in [4.78, 5) is 44.5. The summed E-state index contributed by atoms with van der Waals surface area (Å²) >= 11 is 0. The minimum absolute atomic E-state index is 0.207. The normalized spacial score (nSPS) is 17.2. The topological polar surface area (TPSA) is 109 Å². The number of pyridine rings is 1. The summed E-state index contributed by atoms with van der Waals surface area (Å²) in [7, 11) is 1.65. The Bertz CT molecular complexity index is 920. The van der Waals surface area contributed by atoms with Gasteiger partial charge in [0, 0.05) is 56.4 Å². The molecule has 26 heavy (non-hydrogen) atoms. The maximum absolute atomic E-state index is 12.7. The molecule has 2 aromatic rings. The number of H-pyrrole nitrogens is 1. The average molecular weight is 359 g/mol. The van der Waals surface area contributed by atoms with Crippen LogP contribution in [0.5, 0.6) is 0 Å². The Hall–Kier alpha value is -2.94. The number of hydrogen-bond donors (Lipinski definition) is 2. The highest BCUT2D eigenvalue weighted by molar-refractivity contribution is 5.94. The Balaban J connectivity index is 1.65. The van der Waals surface area contributed by atoms with E-state index >= 15 is 0 Å². The minimum atomic E-state index is -0.300. The lowest BCUT2D eigenvalue weighted by molar-refractivity contribution is -0.0150. The molecule has 1 aliphatic rings. The molecule has 2 N–H and O–H groups in total. The highest BCUT2D eigenvalue weighted by Gasteiger charge is 2.25. The number of amides is 1. The predicted octanol–water partition coefficient (Wildman–Crippen LogP) is -0.270. The quantitative estimate of drug-likeness (QED) is 0.778. The zero-order valence-electron chi connectivity index (χ0n) is 14.7. The van der Waals surface area contributed by atoms with E-state index in [0.717, 1.165) is 0 Å². The molecule has 1 fully saturated rings. The van der Waals surface area contributed by atoms with Crippen molar-refractivity contribution in [2.75, 3.05) is 31.6 Å². The van der Waals surface area contributed by atoms with E-state index in [0.29, 0.717) is 37.5 Å². The zero-order valence-corrected chi connectivity index (χ0v) is 14.7. The number of nitrogens with zero attached hydrogens (tertiary/aromatic N) is 3. The maximum Gasteiger partial charge on any atom is 0.293 e. The van der Waals surface area contributed by atoms with Gasteiger partial charge in [-0.15, -0.1) is 0 Å². The molecular weight excluding hydrogens is 338 g/mol. The fraction of sp³-hybridized carbons (Fsp3) is 0.412. The van der Waals surface area contributed by atoms with E-state index in [1.807, 2.05) is 0 Å². The lowest BCUT2D eigenvalue weighted by Gasteiger charge is -2.33. The molecule has 0 unspecified atom stereocenters. The number of aryl methyl sites for hydroxylation is 2. The van der Waals surface area contributed by atoms with Gasteiger partial charge in [0.05, 0.1) is 12.7 Å². The molecule has 0 aromatic carbocycles. The van der Waals surface area contributed by atoms with Crippen LogP contribution in [0.25, 0.3) is 0 Å². The van der Waals surface area contributed by atoms with Crippen molar-refractivity contribution in [1.82, 2.24) is 19.4 Å². The van der Waals surface area contributed by atoms with Crippen molar-refractivity contribution < 1.29 is 9.53 Å². The van der Waals surface area contributed by atoms with Crippen LogP contribution in [0.3, 0.4) is 0 Å². The van der Waals surface area contributed by atoms with Crippen LogP contribution in [-0.4, -0.2) is 57.7 Å². The number of aromatic nitrogens is 3. The highest BCUT2D eigenvalue weighted by Crippen LogP contribution is 2.11. The Labute approximate surface area is 149 Å². The summed E-state index contributed by atoms with van der Waals surface area (Å²) in [6.07, 6.45) is 2.84. The van der Waals surface area contributed by atoms with Gasteiger partial charge >= 0.3 is 0 Å². The molecule has 9 nitrogen and oxygen atoms in total. The Kier molecular flexibility index (Phi) is 5.17. The van der Waals surface area contributed by atoms with Crippen LogP contribution < -0.4 is 16.4 Å². The van der Waals surface area contributed by atoms with Gasteiger partial charge in [0.25, 0.3) is 11.5 Å². The smallest absolute Gasteiger partial charge is 0.293 e. The van der Waals surface area contributed by atoms with E-state index in [4.69, 9.17) is 4.74 Å². The van der Waals surface area contributed by atoms with E-state index < -0.39 is 0 Å². The molecule has 0 saturated carbocycles. The fourth-order valence-electron chi connectivity index (χ4n) is 2.85. The number of morpholine rings is 1. The summed E-state index contributed by atoms with van der Waals surface area (Å²) in [5, 5.41) is 2.98. The van der Waals surface area contributed by atoms with Crippen molar-refractivity contribution in [2.24, 2.45) is 7.05 Å². The molecule has 2 aromatic heterocycles. The molecule has 1 atom stereocenters. The second-order valence-electron chi connectivity index (χ2n) is 6.23. The Morgan fingerprint density at radius 3 is 3.00 bits per heavy atom. The molecule has 9 heteroatoms. The van der Waals surface area contributed by atoms with Crippen molar-refractivity contribution in [1.29, 1.82) is 0 Å². The minimum Gasteiger partial charge on any atom is -0.373 e. The number of carbonyl (C=O) groups excluding carboxylic acids is 1. The van der Waals surface area contributed by atoms with Gasteiger partial charge in [0.15, 0.2) is 5.82 Å². The van der Waals surface area contributed by atoms with E-state index in [1.165, 1.54) is 16.8 Å². The summed E-state index contributed by atoms with van der Waals surface area (Å²) < 4.78 is 7.11. The van der Waals surface area contributed by atoms with Crippen molar-refractivity contribution >= 4 is 11.7 Å². The van der Waals surface area contributed by atoms with Gasteiger partial charge in [0.2, 0.25) is 5.56 Å². The molecule has 3 rings (SSSR count). The van der Waals surface area contributed by atoms with Gasteiger partial charge in [-0.1, -0.05) is 0 Å². The first-order valence-electron chi connectivity index (χ1n) is 8.31. The van der Waals surface area contributed by atoms with Crippen LogP contribution in [0, 0.1) is 6.92 Å². The SMILES string of the molecule is Cc1cc(C(=O)N2CCO[C@H](CNc3nccn(C)c3=O)C2)cc(=O)[nH]1. The van der Waals surface area contributed by atoms with Crippen molar-refractivity contribution in [3.63, 3.8) is 0 Å². The van der Waals surface area contributed by atoms with E-state index in [1.54, 1.807) is 31.1 Å². The highest BCUT2D eigenvalue weighted by atomic mass is 16.5. The lowest BCUT2D eigenvalue weighted by atomic mass is 10.1. The van der Waals surface area contributed by atoms with Crippen LogP contribution in [0.1, 0.15) is 16.1 Å². The summed E-state index contributed by atoms with van der Waals surface area (Å²) in [6.45, 7) is 3.29. The molecule has 0 bridgehead atoms. The van der Waals surface area contributed by atoms with Gasteiger partial charge in [-0.2, -0.15) is 0 Å². The molecule has 1 saturated heterocycles. The standard InChI is InChI=1S/C17H21N5O4/c1-11-7-12(8-14(23)20-11)16(24)22-5-6-26-13(10-22)9-19-15-17(25)21(2)4-3-18-15/h3-4,7-8,13H,5-6,9-10H2,1-2H3,(H,18,19)(H,20,23)/t13-/m1/s1. The number of anilines is 1. The third-order valence-electron chi connectivity index (χ3n) is 4.17. The predicted molar refractivity (Wildman–Crippen MR) is 95.4 cm³/mol. The largest absolute Gasteiger partial charge is 0.373 e. The number of ether oxygens (including phenoxy) is 1. The van der Waals surface area contributed by atoms with Crippen molar-refractivity contribution in [3.05, 3.63) is 56.5 Å². The van der Waals surface area contributed by atoms with Gasteiger partial charge in [-0.25, -0.2) is 4.98 Å². The van der Waals surface area contributed by atoms with Gasteiger partial charge < -0.3 is 24.5 Å². The van der Waals surface area contributed by atoms with Crippen LogP contribution in [-0.2, 0) is 11.8 Å². The van der Waals surface area contributed by atoms with Crippen molar-refractivity contribution in [3.8, 4) is 0 Å². The van der Waals surface area contributed by atoms with Gasteiger partial charge in [-0.3, -0.25) is 14.4 Å². The van der Waals surface area contributed by atoms with Crippen LogP contribution in [0.15, 0.2) is 34.1 Å². The van der Waals surface area contributed by atoms with Crippen molar-refractivity contribution in [2.45, 2.75) is 13.0 Å². The number of carbonyl (C=O) groups is 1. The second-order valence-corrected chi connectivity index (χ2v) is 6.23. The third-order valence-corrected chi connectivity index (χ3v) is 4.17. The van der Waals surface area contributed by atoms with Crippen LogP contribution in [0.4, 0.5) is 5.82 Å². The molecular formula is C17H21N5O4. The molecule has 0 radical (unpaired) electrons. The van der Waals surface area contributed by atoms with Gasteiger partial charge in [-0.05, 0) is 13.0 Å². The van der Waals surface area contributed by atoms with E-state index in [-0.39, 0.29) is 28.9 Å². The third kappa shape index (κ3) is 3.99. The average Bonchev–Trinajstić information content (AvgIpc) is 2.62. The summed E-state index contributed by atoms with van der Waals surface area (Å²) in [5.41, 5.74) is 0.470. The maximum atomic E-state index is 12.7. The summed E-state index contributed by atoms with van der Waals surface area (Å²) in [5.74, 6) is 0.0357. The van der Waals surface area contributed by atoms with Gasteiger partial charge in [0.1, 0.15) is 0 Å². The molecule has 0 aliphatic carbocycles. The molecule has 1 amide bonds. The second kappa shape index (κ2) is 7.52. The number of nitrogens with one attached hydrogen (secondary N) is 2. The first-order chi connectivity index (χ1) is 12.4. The molecule has 1 aliphatic heterocycles. The molecule has 3 heterocycles. The molecule has 0 spiro atoms. The Morgan fingerprint density at radius 2 is 2.23 bits per heavy atom. The van der Waals surface area contributed by atoms with Crippen LogP contribution in [0.2, 0.25) is 0 Å².